The molecule has 0 N–H and O–H groups in total. The van der Waals surface area contributed by atoms with E-state index in [9.17, 15) is 9.59 Å². The normalized spacial score (nSPS) is 23.5. The molecule has 0 spiro atoms. The lowest BCUT2D eigenvalue weighted by Crippen LogP contribution is -2.52. The van der Waals surface area contributed by atoms with Gasteiger partial charge in [-0.2, -0.15) is 0 Å². The molecular weight excluding hydrogens is 332 g/mol. The third-order valence-corrected chi connectivity index (χ3v) is 4.83. The summed E-state index contributed by atoms with van der Waals surface area (Å²) >= 11 is 0. The highest BCUT2D eigenvalue weighted by molar-refractivity contribution is 6.02. The standard InChI is InChI=1S/C20H28N2O4/c1-13-9-21(10-14(2)26-13)18(23)11-22-16-8-15(20(3,4)5)6-7-17(16)25-12-19(22)24/h6-8,13-14H,9-12H2,1-5H3/t13-,14-/m0/s1. The number of hydrogen-bond acceptors (Lipinski definition) is 4. The molecule has 3 rings (SSSR count). The van der Waals surface area contributed by atoms with Crippen molar-refractivity contribution >= 4 is 17.5 Å². The Morgan fingerprint density at radius 3 is 2.46 bits per heavy atom. The highest BCUT2D eigenvalue weighted by Gasteiger charge is 2.32. The second kappa shape index (κ2) is 6.91. The van der Waals surface area contributed by atoms with E-state index in [0.29, 0.717) is 24.5 Å². The minimum atomic E-state index is -0.189. The van der Waals surface area contributed by atoms with Gasteiger partial charge in [-0.05, 0) is 37.0 Å². The van der Waals surface area contributed by atoms with Crippen LogP contribution in [0.5, 0.6) is 5.75 Å². The van der Waals surface area contributed by atoms with Crippen LogP contribution < -0.4 is 9.64 Å². The molecule has 2 amide bonds. The van der Waals surface area contributed by atoms with Crippen molar-refractivity contribution in [2.45, 2.75) is 52.2 Å². The molecule has 142 valence electrons. The molecule has 0 bridgehead atoms. The molecule has 1 aromatic carbocycles. The summed E-state index contributed by atoms with van der Waals surface area (Å²) in [6.07, 6.45) is 0.00532. The van der Waals surface area contributed by atoms with Crippen LogP contribution in [0, 0.1) is 0 Å². The molecule has 0 aromatic heterocycles. The molecule has 6 heteroatoms. The first-order valence-corrected chi connectivity index (χ1v) is 9.16. The number of amides is 2. The average molecular weight is 360 g/mol. The minimum absolute atomic E-state index is 0.00266. The summed E-state index contributed by atoms with van der Waals surface area (Å²) in [5.41, 5.74) is 1.72. The van der Waals surface area contributed by atoms with Crippen molar-refractivity contribution in [1.82, 2.24) is 4.90 Å². The van der Waals surface area contributed by atoms with E-state index in [1.807, 2.05) is 32.0 Å². The highest BCUT2D eigenvalue weighted by atomic mass is 16.5. The SMILES string of the molecule is C[C@H]1CN(C(=O)CN2C(=O)COc3ccc(C(C)(C)C)cc32)C[C@H](C)O1. The molecule has 26 heavy (non-hydrogen) atoms. The van der Waals surface area contributed by atoms with Crippen LogP contribution in [0.25, 0.3) is 0 Å². The maximum absolute atomic E-state index is 12.8. The molecule has 6 nitrogen and oxygen atoms in total. The first-order valence-electron chi connectivity index (χ1n) is 9.16. The predicted molar refractivity (Wildman–Crippen MR) is 99.6 cm³/mol. The molecule has 1 fully saturated rings. The molecule has 2 aliphatic heterocycles. The van der Waals surface area contributed by atoms with E-state index < -0.39 is 0 Å². The summed E-state index contributed by atoms with van der Waals surface area (Å²) < 4.78 is 11.3. The van der Waals surface area contributed by atoms with Crippen molar-refractivity contribution in [1.29, 1.82) is 0 Å². The second-order valence-electron chi connectivity index (χ2n) is 8.26. The molecule has 1 aromatic rings. The number of morpholine rings is 1. The van der Waals surface area contributed by atoms with Crippen molar-refractivity contribution < 1.29 is 19.1 Å². The lowest BCUT2D eigenvalue weighted by Gasteiger charge is -2.37. The van der Waals surface area contributed by atoms with Crippen LogP contribution in [0.4, 0.5) is 5.69 Å². The topological polar surface area (TPSA) is 59.1 Å². The molecular formula is C20H28N2O4. The van der Waals surface area contributed by atoms with Gasteiger partial charge in [-0.25, -0.2) is 0 Å². The average Bonchev–Trinajstić information content (AvgIpc) is 2.55. The Hall–Kier alpha value is -2.08. The fourth-order valence-electron chi connectivity index (χ4n) is 3.46. The second-order valence-corrected chi connectivity index (χ2v) is 8.26. The Morgan fingerprint density at radius 2 is 1.85 bits per heavy atom. The van der Waals surface area contributed by atoms with Crippen LogP contribution in [0.1, 0.15) is 40.2 Å². The molecule has 0 radical (unpaired) electrons. The van der Waals surface area contributed by atoms with Gasteiger partial charge in [0.1, 0.15) is 12.3 Å². The lowest BCUT2D eigenvalue weighted by molar-refractivity contribution is -0.142. The predicted octanol–water partition coefficient (Wildman–Crippen LogP) is 2.35. The van der Waals surface area contributed by atoms with E-state index in [4.69, 9.17) is 9.47 Å². The third-order valence-electron chi connectivity index (χ3n) is 4.83. The van der Waals surface area contributed by atoms with Crippen molar-refractivity contribution in [3.05, 3.63) is 23.8 Å². The van der Waals surface area contributed by atoms with Gasteiger partial charge in [-0.1, -0.05) is 26.8 Å². The quantitative estimate of drug-likeness (QED) is 0.812. The van der Waals surface area contributed by atoms with Gasteiger partial charge in [0.15, 0.2) is 6.61 Å². The number of benzene rings is 1. The number of carbonyl (C=O) groups is 2. The number of ether oxygens (including phenoxy) is 2. The van der Waals surface area contributed by atoms with Crippen molar-refractivity contribution in [2.24, 2.45) is 0 Å². The van der Waals surface area contributed by atoms with Gasteiger partial charge in [0.05, 0.1) is 17.9 Å². The van der Waals surface area contributed by atoms with E-state index in [0.717, 1.165) is 5.56 Å². The zero-order valence-electron chi connectivity index (χ0n) is 16.2. The summed E-state index contributed by atoms with van der Waals surface area (Å²) in [7, 11) is 0. The number of hydrogen-bond donors (Lipinski definition) is 0. The van der Waals surface area contributed by atoms with Crippen molar-refractivity contribution in [2.75, 3.05) is 31.1 Å². The Morgan fingerprint density at radius 1 is 1.19 bits per heavy atom. The van der Waals surface area contributed by atoms with E-state index in [-0.39, 0.29) is 42.6 Å². The summed E-state index contributed by atoms with van der Waals surface area (Å²) in [5, 5.41) is 0. The Bertz CT molecular complexity index is 700. The largest absolute Gasteiger partial charge is 0.482 e. The number of fused-ring (bicyclic) bond motifs is 1. The Kier molecular flexibility index (Phi) is 4.97. The third kappa shape index (κ3) is 3.85. The molecule has 0 unspecified atom stereocenters. The lowest BCUT2D eigenvalue weighted by atomic mass is 9.86. The summed E-state index contributed by atoms with van der Waals surface area (Å²) in [6.45, 7) is 11.4. The summed E-state index contributed by atoms with van der Waals surface area (Å²) in [5.74, 6) is 0.398. The Labute approximate surface area is 155 Å². The molecule has 2 aliphatic rings. The van der Waals surface area contributed by atoms with Crippen LogP contribution in [0.15, 0.2) is 18.2 Å². The molecule has 1 saturated heterocycles. The van der Waals surface area contributed by atoms with Gasteiger partial charge in [-0.3, -0.25) is 14.5 Å². The fraction of sp³-hybridized carbons (Fsp3) is 0.600. The highest BCUT2D eigenvalue weighted by Crippen LogP contribution is 2.36. The monoisotopic (exact) mass is 360 g/mol. The van der Waals surface area contributed by atoms with Crippen LogP contribution >= 0.6 is 0 Å². The first kappa shape index (κ1) is 18.7. The van der Waals surface area contributed by atoms with Gasteiger partial charge in [0.25, 0.3) is 5.91 Å². The van der Waals surface area contributed by atoms with Gasteiger partial charge in [0, 0.05) is 13.1 Å². The van der Waals surface area contributed by atoms with E-state index in [1.165, 1.54) is 0 Å². The van der Waals surface area contributed by atoms with Gasteiger partial charge < -0.3 is 14.4 Å². The number of rotatable bonds is 2. The van der Waals surface area contributed by atoms with Crippen LogP contribution in [0.2, 0.25) is 0 Å². The first-order chi connectivity index (χ1) is 12.1. The van der Waals surface area contributed by atoms with Gasteiger partial charge >= 0.3 is 0 Å². The number of nitrogens with zero attached hydrogens (tertiary/aromatic N) is 2. The van der Waals surface area contributed by atoms with E-state index in [2.05, 4.69) is 20.8 Å². The summed E-state index contributed by atoms with van der Waals surface area (Å²) in [6, 6.07) is 5.86. The van der Waals surface area contributed by atoms with Crippen molar-refractivity contribution in [3.8, 4) is 5.75 Å². The summed E-state index contributed by atoms with van der Waals surface area (Å²) in [4.78, 5) is 28.6. The van der Waals surface area contributed by atoms with Crippen LogP contribution in [-0.4, -0.2) is 55.2 Å². The zero-order valence-corrected chi connectivity index (χ0v) is 16.2. The zero-order chi connectivity index (χ0) is 19.1. The minimum Gasteiger partial charge on any atom is -0.482 e. The molecule has 2 heterocycles. The number of anilines is 1. The Balaban J connectivity index is 1.84. The molecule has 0 aliphatic carbocycles. The van der Waals surface area contributed by atoms with Crippen molar-refractivity contribution in [3.63, 3.8) is 0 Å². The smallest absolute Gasteiger partial charge is 0.265 e. The molecule has 0 saturated carbocycles. The van der Waals surface area contributed by atoms with Crippen LogP contribution in [-0.2, 0) is 19.7 Å². The number of carbonyl (C=O) groups excluding carboxylic acids is 2. The van der Waals surface area contributed by atoms with E-state index in [1.54, 1.807) is 9.80 Å². The molecule has 2 atom stereocenters. The fourth-order valence-corrected chi connectivity index (χ4v) is 3.46. The van der Waals surface area contributed by atoms with Crippen LogP contribution in [0.3, 0.4) is 0 Å². The maximum atomic E-state index is 12.8. The van der Waals surface area contributed by atoms with Gasteiger partial charge in [0.2, 0.25) is 5.91 Å². The maximum Gasteiger partial charge on any atom is 0.265 e. The van der Waals surface area contributed by atoms with E-state index >= 15 is 0 Å². The van der Waals surface area contributed by atoms with Gasteiger partial charge in [-0.15, -0.1) is 0 Å².